The summed E-state index contributed by atoms with van der Waals surface area (Å²) in [6.45, 7) is 6.19. The Morgan fingerprint density at radius 1 is 1.35 bits per heavy atom. The van der Waals surface area contributed by atoms with Crippen LogP contribution in [0.5, 0.6) is 11.5 Å². The van der Waals surface area contributed by atoms with Crippen molar-refractivity contribution in [3.05, 3.63) is 35.0 Å². The first-order valence-corrected chi connectivity index (χ1v) is 9.62. The summed E-state index contributed by atoms with van der Waals surface area (Å²) in [6, 6.07) is 3.64. The Hall–Kier alpha value is -2.35. The second-order valence-corrected chi connectivity index (χ2v) is 6.96. The van der Waals surface area contributed by atoms with Gasteiger partial charge >= 0.3 is 12.0 Å². The normalized spacial score (nSPS) is 16.7. The molecule has 1 aromatic carbocycles. The van der Waals surface area contributed by atoms with E-state index in [0.717, 1.165) is 5.75 Å². The number of thioether (sulfide) groups is 1. The highest BCUT2D eigenvalue weighted by Gasteiger charge is 2.32. The third-order valence-corrected chi connectivity index (χ3v) is 4.63. The number of allylic oxidation sites excluding steroid dienone is 1. The molecule has 1 aromatic rings. The number of hydrogen-bond acceptors (Lipinski definition) is 6. The SMILES string of the molecule is CCOc1cc([C@H]2NC(=O)NC(C)=C2C(=O)OCCSCC)ccc1O. The Kier molecular flexibility index (Phi) is 7.20. The Labute approximate surface area is 157 Å². The lowest BCUT2D eigenvalue weighted by molar-refractivity contribution is -0.138. The molecule has 8 heteroatoms. The lowest BCUT2D eigenvalue weighted by Gasteiger charge is -2.28. The van der Waals surface area contributed by atoms with Gasteiger partial charge in [-0.1, -0.05) is 13.0 Å². The van der Waals surface area contributed by atoms with Crippen LogP contribution < -0.4 is 15.4 Å². The average molecular weight is 380 g/mol. The number of phenolic OH excluding ortho intramolecular Hbond substituents is 1. The number of esters is 1. The van der Waals surface area contributed by atoms with E-state index in [4.69, 9.17) is 9.47 Å². The number of rotatable bonds is 8. The first-order valence-electron chi connectivity index (χ1n) is 8.46. The molecule has 0 bridgehead atoms. The minimum Gasteiger partial charge on any atom is -0.504 e. The lowest BCUT2D eigenvalue weighted by atomic mass is 9.95. The molecule has 0 unspecified atom stereocenters. The summed E-state index contributed by atoms with van der Waals surface area (Å²) >= 11 is 1.68. The molecule has 26 heavy (non-hydrogen) atoms. The molecular weight excluding hydrogens is 356 g/mol. The number of carbonyl (C=O) groups is 2. The molecule has 1 aliphatic heterocycles. The zero-order valence-corrected chi connectivity index (χ0v) is 15.9. The molecule has 0 fully saturated rings. The van der Waals surface area contributed by atoms with Crippen molar-refractivity contribution in [3.8, 4) is 11.5 Å². The van der Waals surface area contributed by atoms with E-state index in [0.29, 0.717) is 41.5 Å². The van der Waals surface area contributed by atoms with Crippen molar-refractivity contribution in [3.63, 3.8) is 0 Å². The van der Waals surface area contributed by atoms with E-state index in [1.165, 1.54) is 6.07 Å². The van der Waals surface area contributed by atoms with E-state index < -0.39 is 18.0 Å². The van der Waals surface area contributed by atoms with Crippen LogP contribution in [0.1, 0.15) is 32.4 Å². The maximum Gasteiger partial charge on any atom is 0.338 e. The number of aromatic hydroxyl groups is 1. The average Bonchev–Trinajstić information content (AvgIpc) is 2.60. The van der Waals surface area contributed by atoms with E-state index >= 15 is 0 Å². The van der Waals surface area contributed by atoms with Crippen LogP contribution in [-0.2, 0) is 9.53 Å². The number of nitrogens with one attached hydrogen (secondary N) is 2. The van der Waals surface area contributed by atoms with Crippen LogP contribution >= 0.6 is 11.8 Å². The van der Waals surface area contributed by atoms with Crippen LogP contribution in [0.2, 0.25) is 0 Å². The number of phenols is 1. The first-order chi connectivity index (χ1) is 12.5. The van der Waals surface area contributed by atoms with Crippen molar-refractivity contribution < 1.29 is 24.2 Å². The molecule has 142 valence electrons. The second kappa shape index (κ2) is 9.38. The summed E-state index contributed by atoms with van der Waals surface area (Å²) in [7, 11) is 0. The minimum absolute atomic E-state index is 0.00252. The van der Waals surface area contributed by atoms with Gasteiger partial charge in [0, 0.05) is 11.4 Å². The highest BCUT2D eigenvalue weighted by atomic mass is 32.2. The van der Waals surface area contributed by atoms with Gasteiger partial charge in [-0.05, 0) is 37.3 Å². The monoisotopic (exact) mass is 380 g/mol. The van der Waals surface area contributed by atoms with Crippen molar-refractivity contribution in [2.45, 2.75) is 26.8 Å². The van der Waals surface area contributed by atoms with Crippen LogP contribution in [0.3, 0.4) is 0 Å². The molecule has 7 nitrogen and oxygen atoms in total. The number of hydrogen-bond donors (Lipinski definition) is 3. The molecule has 1 atom stereocenters. The predicted molar refractivity (Wildman–Crippen MR) is 100 cm³/mol. The highest BCUT2D eigenvalue weighted by molar-refractivity contribution is 7.99. The topological polar surface area (TPSA) is 96.9 Å². The number of amides is 2. The molecule has 0 aliphatic carbocycles. The molecule has 0 saturated heterocycles. The van der Waals surface area contributed by atoms with Crippen LogP contribution in [0.15, 0.2) is 29.5 Å². The first kappa shape index (κ1) is 20.0. The summed E-state index contributed by atoms with van der Waals surface area (Å²) in [5.41, 5.74) is 1.40. The maximum absolute atomic E-state index is 12.6. The summed E-state index contributed by atoms with van der Waals surface area (Å²) in [5, 5.41) is 15.2. The molecule has 2 amide bonds. The fourth-order valence-electron chi connectivity index (χ4n) is 2.61. The van der Waals surface area contributed by atoms with E-state index in [1.807, 2.05) is 6.92 Å². The van der Waals surface area contributed by atoms with Gasteiger partial charge in [0.15, 0.2) is 11.5 Å². The van der Waals surface area contributed by atoms with E-state index in [-0.39, 0.29) is 5.75 Å². The molecular formula is C18H24N2O5S. The van der Waals surface area contributed by atoms with Crippen molar-refractivity contribution in [2.24, 2.45) is 0 Å². The van der Waals surface area contributed by atoms with Crippen LogP contribution in [0.25, 0.3) is 0 Å². The molecule has 1 aliphatic rings. The molecule has 0 radical (unpaired) electrons. The zero-order chi connectivity index (χ0) is 19.1. The Balaban J connectivity index is 2.29. The van der Waals surface area contributed by atoms with Gasteiger partial charge in [-0.3, -0.25) is 0 Å². The van der Waals surface area contributed by atoms with Crippen molar-refractivity contribution in [1.29, 1.82) is 0 Å². The van der Waals surface area contributed by atoms with Crippen molar-refractivity contribution >= 4 is 23.8 Å². The largest absolute Gasteiger partial charge is 0.504 e. The van der Waals surface area contributed by atoms with E-state index in [2.05, 4.69) is 10.6 Å². The molecule has 0 spiro atoms. The summed E-state index contributed by atoms with van der Waals surface area (Å²) in [5.74, 6) is 1.47. The van der Waals surface area contributed by atoms with Crippen molar-refractivity contribution in [1.82, 2.24) is 10.6 Å². The third-order valence-electron chi connectivity index (χ3n) is 3.77. The fourth-order valence-corrected chi connectivity index (χ4v) is 3.10. The minimum atomic E-state index is -0.685. The van der Waals surface area contributed by atoms with Gasteiger partial charge < -0.3 is 25.2 Å². The summed E-state index contributed by atoms with van der Waals surface area (Å²) < 4.78 is 10.7. The van der Waals surface area contributed by atoms with Gasteiger partial charge in [0.25, 0.3) is 0 Å². The smallest absolute Gasteiger partial charge is 0.338 e. The predicted octanol–water partition coefficient (Wildman–Crippen LogP) is 2.72. The number of carbonyl (C=O) groups excluding carboxylic acids is 2. The molecule has 0 saturated carbocycles. The molecule has 2 rings (SSSR count). The number of ether oxygens (including phenoxy) is 2. The maximum atomic E-state index is 12.6. The number of benzene rings is 1. The van der Waals surface area contributed by atoms with Crippen LogP contribution in [-0.4, -0.2) is 41.8 Å². The van der Waals surface area contributed by atoms with Gasteiger partial charge in [0.2, 0.25) is 0 Å². The van der Waals surface area contributed by atoms with Crippen LogP contribution in [0, 0.1) is 0 Å². The van der Waals surface area contributed by atoms with Gasteiger partial charge in [-0.15, -0.1) is 0 Å². The Morgan fingerprint density at radius 2 is 2.12 bits per heavy atom. The standard InChI is InChI=1S/C18H24N2O5S/c1-4-24-14-10-12(6-7-13(14)21)16-15(11(3)19-18(23)20-16)17(22)25-8-9-26-5-2/h6-7,10,16,21H,4-5,8-9H2,1-3H3,(H2,19,20,23)/t16-/m1/s1. The lowest BCUT2D eigenvalue weighted by Crippen LogP contribution is -2.45. The van der Waals surface area contributed by atoms with E-state index in [9.17, 15) is 14.7 Å². The summed E-state index contributed by atoms with van der Waals surface area (Å²) in [4.78, 5) is 24.5. The molecule has 0 aromatic heterocycles. The van der Waals surface area contributed by atoms with Gasteiger partial charge in [0.05, 0.1) is 18.2 Å². The van der Waals surface area contributed by atoms with E-state index in [1.54, 1.807) is 37.7 Å². The zero-order valence-electron chi connectivity index (χ0n) is 15.1. The number of urea groups is 1. The quantitative estimate of drug-likeness (QED) is 0.474. The molecule has 1 heterocycles. The fraction of sp³-hybridized carbons (Fsp3) is 0.444. The highest BCUT2D eigenvalue weighted by Crippen LogP contribution is 2.34. The van der Waals surface area contributed by atoms with Crippen molar-refractivity contribution in [2.75, 3.05) is 24.7 Å². The summed E-state index contributed by atoms with van der Waals surface area (Å²) in [6.07, 6.45) is 0. The second-order valence-electron chi connectivity index (χ2n) is 5.56. The van der Waals surface area contributed by atoms with Gasteiger partial charge in [-0.2, -0.15) is 11.8 Å². The third kappa shape index (κ3) is 4.85. The van der Waals surface area contributed by atoms with Gasteiger partial charge in [-0.25, -0.2) is 9.59 Å². The Bertz CT molecular complexity index is 705. The molecule has 3 N–H and O–H groups in total. The Morgan fingerprint density at radius 3 is 2.81 bits per heavy atom. The van der Waals surface area contributed by atoms with Crippen LogP contribution in [0.4, 0.5) is 4.79 Å². The van der Waals surface area contributed by atoms with Gasteiger partial charge in [0.1, 0.15) is 6.61 Å².